The molecular formula is C31H37N7O5. The van der Waals surface area contributed by atoms with E-state index >= 15 is 0 Å². The van der Waals surface area contributed by atoms with Gasteiger partial charge in [-0.2, -0.15) is 5.26 Å². The van der Waals surface area contributed by atoms with Gasteiger partial charge in [-0.05, 0) is 57.4 Å². The van der Waals surface area contributed by atoms with Crippen LogP contribution in [0.1, 0.15) is 35.7 Å². The monoisotopic (exact) mass is 587 g/mol. The first kappa shape index (κ1) is 31.2. The van der Waals surface area contributed by atoms with Crippen molar-refractivity contribution in [3.05, 3.63) is 65.9 Å². The summed E-state index contributed by atoms with van der Waals surface area (Å²) in [6.45, 7) is 3.38. The van der Waals surface area contributed by atoms with E-state index in [1.54, 1.807) is 53.6 Å². The molecule has 3 aromatic rings. The number of methoxy groups -OCH3 is 1. The van der Waals surface area contributed by atoms with Gasteiger partial charge in [0, 0.05) is 44.2 Å². The third kappa shape index (κ3) is 7.97. The number of aliphatic hydroxyl groups is 1. The first-order valence-corrected chi connectivity index (χ1v) is 14.1. The molecule has 43 heavy (non-hydrogen) atoms. The fourth-order valence-electron chi connectivity index (χ4n) is 4.69. The number of benzene rings is 2. The van der Waals surface area contributed by atoms with Crippen LogP contribution in [0.25, 0.3) is 11.3 Å². The number of anilines is 1. The van der Waals surface area contributed by atoms with E-state index in [0.717, 1.165) is 0 Å². The molecule has 1 saturated heterocycles. The van der Waals surface area contributed by atoms with Crippen LogP contribution in [0, 0.1) is 11.3 Å². The number of ether oxygens (including phenoxy) is 2. The number of nitrogens with one attached hydrogen (secondary N) is 1. The Hall–Kier alpha value is -4.73. The number of likely N-dealkylation sites (N-methyl/N-ethyl adjacent to an activating group) is 1. The zero-order chi connectivity index (χ0) is 30.9. The molecule has 0 saturated carbocycles. The predicted octanol–water partition coefficient (Wildman–Crippen LogP) is 2.81. The number of likely N-dealkylation sites (tertiary alicyclic amines) is 1. The zero-order valence-electron chi connectivity index (χ0n) is 24.9. The number of nitrogens with zero attached hydrogens (tertiary/aromatic N) is 6. The largest absolute Gasteiger partial charge is 0.496 e. The number of aliphatic hydroxyl groups excluding tert-OH is 1. The Bertz CT molecular complexity index is 1460. The molecule has 226 valence electrons. The standard InChI is InChI=1S/C31H37N7O5/c1-21(39)29(40)37-15-12-24(13-16-37)43-27-10-9-22(19-23(27)20-32)26-11-14-33-31(34-26)35-38(18-17-36(2)3)30(41)25-7-5-6-8-28(25)42-4/h5-11,14,19,21,24,39H,12-13,15-18H2,1-4H3,(H,33,34,35)/t21-/m0/s1. The molecule has 1 atom stereocenters. The highest BCUT2D eigenvalue weighted by molar-refractivity contribution is 5.97. The van der Waals surface area contributed by atoms with Gasteiger partial charge < -0.3 is 24.4 Å². The van der Waals surface area contributed by atoms with Crippen LogP contribution in [0.15, 0.2) is 54.7 Å². The van der Waals surface area contributed by atoms with E-state index in [1.807, 2.05) is 25.1 Å². The second-order valence-corrected chi connectivity index (χ2v) is 10.5. The van der Waals surface area contributed by atoms with Crippen molar-refractivity contribution in [3.63, 3.8) is 0 Å². The van der Waals surface area contributed by atoms with Crippen molar-refractivity contribution in [1.29, 1.82) is 5.26 Å². The van der Waals surface area contributed by atoms with Gasteiger partial charge in [-0.15, -0.1) is 0 Å². The Kier molecular flexibility index (Phi) is 10.5. The molecule has 2 amide bonds. The van der Waals surface area contributed by atoms with E-state index in [0.29, 0.717) is 72.9 Å². The average Bonchev–Trinajstić information content (AvgIpc) is 3.02. The number of para-hydroxylation sites is 1. The number of carbonyl (C=O) groups excluding carboxylic acids is 2. The van der Waals surface area contributed by atoms with Gasteiger partial charge in [0.05, 0.1) is 30.5 Å². The maximum atomic E-state index is 13.5. The summed E-state index contributed by atoms with van der Waals surface area (Å²) >= 11 is 0. The summed E-state index contributed by atoms with van der Waals surface area (Å²) in [5, 5.41) is 20.9. The van der Waals surface area contributed by atoms with Crippen LogP contribution in [0.3, 0.4) is 0 Å². The molecule has 2 N–H and O–H groups in total. The average molecular weight is 588 g/mol. The summed E-state index contributed by atoms with van der Waals surface area (Å²) < 4.78 is 11.5. The summed E-state index contributed by atoms with van der Waals surface area (Å²) in [4.78, 5) is 38.1. The lowest BCUT2D eigenvalue weighted by atomic mass is 10.1. The minimum absolute atomic E-state index is 0.153. The lowest BCUT2D eigenvalue weighted by Crippen LogP contribution is -2.45. The van der Waals surface area contributed by atoms with E-state index in [-0.39, 0.29) is 23.9 Å². The lowest BCUT2D eigenvalue weighted by Gasteiger charge is -2.33. The molecule has 4 rings (SSSR count). The van der Waals surface area contributed by atoms with E-state index in [9.17, 15) is 20.0 Å². The van der Waals surface area contributed by atoms with Crippen molar-refractivity contribution in [1.82, 2.24) is 24.8 Å². The minimum atomic E-state index is -1.03. The van der Waals surface area contributed by atoms with Gasteiger partial charge >= 0.3 is 0 Å². The number of piperidine rings is 1. The third-order valence-corrected chi connectivity index (χ3v) is 7.04. The number of nitriles is 1. The highest BCUT2D eigenvalue weighted by Gasteiger charge is 2.27. The molecule has 1 fully saturated rings. The van der Waals surface area contributed by atoms with Crippen molar-refractivity contribution < 1.29 is 24.2 Å². The molecule has 0 radical (unpaired) electrons. The molecule has 1 aliphatic rings. The van der Waals surface area contributed by atoms with Crippen LogP contribution < -0.4 is 14.9 Å². The minimum Gasteiger partial charge on any atom is -0.496 e. The molecule has 0 bridgehead atoms. The molecule has 0 aliphatic carbocycles. The van der Waals surface area contributed by atoms with Crippen LogP contribution in [0.4, 0.5) is 5.95 Å². The van der Waals surface area contributed by atoms with Gasteiger partial charge in [0.2, 0.25) is 5.95 Å². The molecule has 0 unspecified atom stereocenters. The molecule has 2 heterocycles. The number of hydrazine groups is 1. The summed E-state index contributed by atoms with van der Waals surface area (Å²) in [7, 11) is 5.36. The second kappa shape index (κ2) is 14.4. The van der Waals surface area contributed by atoms with Gasteiger partial charge in [0.1, 0.15) is 29.8 Å². The van der Waals surface area contributed by atoms with E-state index in [1.165, 1.54) is 19.0 Å². The SMILES string of the molecule is COc1ccccc1C(=O)N(CCN(C)C)Nc1nccc(-c2ccc(OC3CCN(C(=O)[C@H](C)O)CC3)c(C#N)c2)n1. The predicted molar refractivity (Wildman–Crippen MR) is 160 cm³/mol. The number of hydrogen-bond acceptors (Lipinski definition) is 10. The number of amides is 2. The van der Waals surface area contributed by atoms with Crippen LogP contribution in [-0.2, 0) is 4.79 Å². The van der Waals surface area contributed by atoms with Crippen molar-refractivity contribution in [2.24, 2.45) is 0 Å². The topological polar surface area (TPSA) is 144 Å². The van der Waals surface area contributed by atoms with Crippen molar-refractivity contribution in [3.8, 4) is 28.8 Å². The smallest absolute Gasteiger partial charge is 0.276 e. The van der Waals surface area contributed by atoms with E-state index in [4.69, 9.17) is 9.47 Å². The Morgan fingerprint density at radius 1 is 1.14 bits per heavy atom. The normalized spacial score (nSPS) is 14.1. The summed E-state index contributed by atoms with van der Waals surface area (Å²) in [6, 6.07) is 16.2. The maximum absolute atomic E-state index is 13.5. The van der Waals surface area contributed by atoms with Gasteiger partial charge in [-0.25, -0.2) is 15.0 Å². The Balaban J connectivity index is 1.50. The Labute approximate surface area is 251 Å². The summed E-state index contributed by atoms with van der Waals surface area (Å²) in [5.74, 6) is 0.559. The molecule has 12 heteroatoms. The summed E-state index contributed by atoms with van der Waals surface area (Å²) in [5.41, 5.74) is 5.05. The fraction of sp³-hybridized carbons (Fsp3) is 0.387. The van der Waals surface area contributed by atoms with Gasteiger partial charge in [0.25, 0.3) is 11.8 Å². The zero-order valence-corrected chi connectivity index (χ0v) is 24.9. The second-order valence-electron chi connectivity index (χ2n) is 10.5. The van der Waals surface area contributed by atoms with E-state index < -0.39 is 6.10 Å². The maximum Gasteiger partial charge on any atom is 0.276 e. The first-order valence-electron chi connectivity index (χ1n) is 14.1. The molecule has 1 aliphatic heterocycles. The quantitative estimate of drug-likeness (QED) is 0.321. The van der Waals surface area contributed by atoms with Crippen LogP contribution in [-0.4, -0.2) is 101 Å². The van der Waals surface area contributed by atoms with Gasteiger partial charge in [0.15, 0.2) is 0 Å². The van der Waals surface area contributed by atoms with Crippen LogP contribution in [0.2, 0.25) is 0 Å². The molecule has 0 spiro atoms. The Morgan fingerprint density at radius 2 is 1.88 bits per heavy atom. The van der Waals surface area contributed by atoms with Crippen LogP contribution in [0.5, 0.6) is 11.5 Å². The molecule has 1 aromatic heterocycles. The third-order valence-electron chi connectivity index (χ3n) is 7.04. The number of rotatable bonds is 11. The number of aromatic nitrogens is 2. The molecule has 12 nitrogen and oxygen atoms in total. The summed E-state index contributed by atoms with van der Waals surface area (Å²) in [6.07, 6.45) is 1.61. The van der Waals surface area contributed by atoms with Gasteiger partial charge in [-0.1, -0.05) is 12.1 Å². The Morgan fingerprint density at radius 3 is 2.56 bits per heavy atom. The lowest BCUT2D eigenvalue weighted by molar-refractivity contribution is -0.141. The number of hydrogen-bond donors (Lipinski definition) is 2. The van der Waals surface area contributed by atoms with Crippen LogP contribution >= 0.6 is 0 Å². The van der Waals surface area contributed by atoms with Crippen molar-refractivity contribution >= 4 is 17.8 Å². The fourth-order valence-corrected chi connectivity index (χ4v) is 4.69. The van der Waals surface area contributed by atoms with E-state index in [2.05, 4.69) is 21.5 Å². The number of carbonyl (C=O) groups is 2. The van der Waals surface area contributed by atoms with Crippen molar-refractivity contribution in [2.45, 2.75) is 32.0 Å². The highest BCUT2D eigenvalue weighted by atomic mass is 16.5. The molecular weight excluding hydrogens is 550 g/mol. The first-order chi connectivity index (χ1) is 20.7. The molecule has 2 aromatic carbocycles. The highest BCUT2D eigenvalue weighted by Crippen LogP contribution is 2.28. The van der Waals surface area contributed by atoms with Crippen molar-refractivity contribution in [2.75, 3.05) is 52.8 Å². The van der Waals surface area contributed by atoms with Gasteiger partial charge in [-0.3, -0.25) is 15.0 Å².